The van der Waals surface area contributed by atoms with Crippen LogP contribution in [0.5, 0.6) is 5.75 Å². The van der Waals surface area contributed by atoms with Crippen molar-refractivity contribution in [2.24, 2.45) is 26.4 Å². The molecule has 0 fully saturated rings. The summed E-state index contributed by atoms with van der Waals surface area (Å²) in [6.07, 6.45) is -2.61. The van der Waals surface area contributed by atoms with Crippen LogP contribution in [0.25, 0.3) is 10.9 Å². The number of guanidine groups is 1. The Morgan fingerprint density at radius 1 is 1.16 bits per heavy atom. The minimum Gasteiger partial charge on any atom is -0.494 e. The van der Waals surface area contributed by atoms with Gasteiger partial charge in [-0.1, -0.05) is 24.3 Å². The summed E-state index contributed by atoms with van der Waals surface area (Å²) < 4.78 is 46.3. The number of benzene rings is 2. The van der Waals surface area contributed by atoms with E-state index in [4.69, 9.17) is 21.9 Å². The van der Waals surface area contributed by atoms with Crippen molar-refractivity contribution < 1.29 is 17.9 Å². The standard InChI is InChI=1S/C25H26F3N9O/c1-38-18-4-2-3-16-20(18)34-24(31)36-22(16)33-19(29)12-37-8-7-13-5-6-14(9-15(13)11-37)17-10-32-23(30)35-21(17)25(26,27)28/h2-6,9-10,17,21H,7-8,11-12H2,1H3,(H2,30,35)(H4,29,31,33,34,36). The van der Waals surface area contributed by atoms with Crippen LogP contribution < -0.4 is 21.9 Å². The Labute approximate surface area is 216 Å². The SMILES string of the molecule is COc1cccc2c(N=C(N)CN3CCc4ccc(C5C=NC(N)=NC5C(F)(F)F)cc4C3)nc(N)nc12. The first-order chi connectivity index (χ1) is 18.1. The number of methoxy groups -OCH3 is 1. The van der Waals surface area contributed by atoms with Crippen molar-refractivity contribution in [1.82, 2.24) is 14.9 Å². The maximum absolute atomic E-state index is 13.7. The Morgan fingerprint density at radius 2 is 1.97 bits per heavy atom. The summed E-state index contributed by atoms with van der Waals surface area (Å²) >= 11 is 0. The maximum Gasteiger partial charge on any atom is 0.411 e. The lowest BCUT2D eigenvalue weighted by Gasteiger charge is -2.30. The Morgan fingerprint density at radius 3 is 2.74 bits per heavy atom. The number of aromatic nitrogens is 2. The van der Waals surface area contributed by atoms with E-state index in [1.165, 1.54) is 13.3 Å². The van der Waals surface area contributed by atoms with Gasteiger partial charge in [-0.25, -0.2) is 20.0 Å². The van der Waals surface area contributed by atoms with E-state index in [0.29, 0.717) is 53.5 Å². The van der Waals surface area contributed by atoms with E-state index < -0.39 is 18.1 Å². The van der Waals surface area contributed by atoms with E-state index in [0.717, 1.165) is 17.5 Å². The van der Waals surface area contributed by atoms with Gasteiger partial charge in [0, 0.05) is 24.7 Å². The fourth-order valence-corrected chi connectivity index (χ4v) is 4.79. The van der Waals surface area contributed by atoms with Crippen molar-refractivity contribution in [3.8, 4) is 5.75 Å². The minimum atomic E-state index is -4.55. The third kappa shape index (κ3) is 5.09. The van der Waals surface area contributed by atoms with Crippen molar-refractivity contribution in [3.05, 3.63) is 53.1 Å². The van der Waals surface area contributed by atoms with E-state index in [1.54, 1.807) is 24.3 Å². The molecular weight excluding hydrogens is 499 g/mol. The summed E-state index contributed by atoms with van der Waals surface area (Å²) in [5, 5.41) is 0.645. The molecule has 10 nitrogen and oxygen atoms in total. The third-order valence-electron chi connectivity index (χ3n) is 6.56. The molecule has 2 atom stereocenters. The van der Waals surface area contributed by atoms with Crippen LogP contribution in [0.3, 0.4) is 0 Å². The molecule has 1 aromatic heterocycles. The van der Waals surface area contributed by atoms with Crippen LogP contribution in [-0.2, 0) is 13.0 Å². The van der Waals surface area contributed by atoms with E-state index in [9.17, 15) is 13.2 Å². The van der Waals surface area contributed by atoms with Crippen LogP contribution in [0.1, 0.15) is 22.6 Å². The molecule has 0 spiro atoms. The molecule has 3 aromatic rings. The Kier molecular flexibility index (Phi) is 6.61. The number of hydrogen-bond donors (Lipinski definition) is 3. The van der Waals surface area contributed by atoms with Gasteiger partial charge in [0.1, 0.15) is 17.1 Å². The molecule has 2 unspecified atom stereocenters. The average molecular weight is 526 g/mol. The number of anilines is 1. The van der Waals surface area contributed by atoms with Gasteiger partial charge in [0.2, 0.25) is 11.9 Å². The highest BCUT2D eigenvalue weighted by Crippen LogP contribution is 2.36. The summed E-state index contributed by atoms with van der Waals surface area (Å²) in [6, 6.07) is 8.75. The van der Waals surface area contributed by atoms with Crippen LogP contribution in [-0.4, -0.2) is 65.3 Å². The largest absolute Gasteiger partial charge is 0.494 e. The molecule has 0 radical (unpaired) electrons. The van der Waals surface area contributed by atoms with Crippen LogP contribution in [0.4, 0.5) is 24.9 Å². The van der Waals surface area contributed by atoms with E-state index in [1.807, 2.05) is 12.1 Å². The Hall–Kier alpha value is -4.26. The second-order valence-corrected chi connectivity index (χ2v) is 9.13. The van der Waals surface area contributed by atoms with Gasteiger partial charge in [0.05, 0.1) is 19.6 Å². The fourth-order valence-electron chi connectivity index (χ4n) is 4.79. The van der Waals surface area contributed by atoms with Crippen molar-refractivity contribution in [2.75, 3.05) is 25.9 Å². The molecule has 5 rings (SSSR count). The van der Waals surface area contributed by atoms with Gasteiger partial charge in [0.15, 0.2) is 11.9 Å². The predicted octanol–water partition coefficient (Wildman–Crippen LogP) is 2.68. The number of nitrogens with zero attached hydrogens (tertiary/aromatic N) is 6. The summed E-state index contributed by atoms with van der Waals surface area (Å²) in [5.41, 5.74) is 20.6. The molecule has 13 heteroatoms. The lowest BCUT2D eigenvalue weighted by molar-refractivity contribution is -0.148. The third-order valence-corrected chi connectivity index (χ3v) is 6.56. The van der Waals surface area contributed by atoms with Crippen LogP contribution >= 0.6 is 0 Å². The summed E-state index contributed by atoms with van der Waals surface area (Å²) in [5.74, 6) is -0.199. The number of halogens is 3. The van der Waals surface area contributed by atoms with Gasteiger partial charge in [0.25, 0.3) is 0 Å². The number of fused-ring (bicyclic) bond motifs is 2. The van der Waals surface area contributed by atoms with Gasteiger partial charge in [-0.05, 0) is 35.2 Å². The second-order valence-electron chi connectivity index (χ2n) is 9.13. The molecule has 38 heavy (non-hydrogen) atoms. The van der Waals surface area contributed by atoms with Crippen molar-refractivity contribution in [2.45, 2.75) is 31.1 Å². The van der Waals surface area contributed by atoms with Crippen molar-refractivity contribution in [3.63, 3.8) is 0 Å². The van der Waals surface area contributed by atoms with Crippen molar-refractivity contribution in [1.29, 1.82) is 0 Å². The molecule has 0 saturated carbocycles. The van der Waals surface area contributed by atoms with E-state index in [-0.39, 0.29) is 11.9 Å². The van der Waals surface area contributed by atoms with Gasteiger partial charge in [-0.3, -0.25) is 4.90 Å². The summed E-state index contributed by atoms with van der Waals surface area (Å²) in [7, 11) is 1.54. The fraction of sp³-hybridized carbons (Fsp3) is 0.320. The molecule has 0 saturated heterocycles. The quantitative estimate of drug-likeness (QED) is 0.342. The highest BCUT2D eigenvalue weighted by molar-refractivity contribution is 5.96. The number of amidine groups is 1. The summed E-state index contributed by atoms with van der Waals surface area (Å²) in [6.45, 7) is 1.53. The topological polar surface area (TPSA) is 153 Å². The van der Waals surface area contributed by atoms with Gasteiger partial charge in [-0.15, -0.1) is 0 Å². The second kappa shape index (κ2) is 9.89. The van der Waals surface area contributed by atoms with Crippen LogP contribution in [0.15, 0.2) is 51.4 Å². The molecule has 198 valence electrons. The number of alkyl halides is 3. The van der Waals surface area contributed by atoms with Crippen LogP contribution in [0, 0.1) is 0 Å². The number of nitrogen functional groups attached to an aromatic ring is 1. The van der Waals surface area contributed by atoms with Gasteiger partial charge < -0.3 is 21.9 Å². The Balaban J connectivity index is 1.37. The number of para-hydroxylation sites is 1. The first kappa shape index (κ1) is 25.4. The molecule has 2 aromatic carbocycles. The zero-order valence-corrected chi connectivity index (χ0v) is 20.5. The number of aliphatic imine (C=N–C) groups is 3. The molecule has 3 heterocycles. The highest BCUT2D eigenvalue weighted by Gasteiger charge is 2.46. The maximum atomic E-state index is 13.7. The zero-order valence-electron chi connectivity index (χ0n) is 20.5. The van der Waals surface area contributed by atoms with Gasteiger partial charge >= 0.3 is 6.18 Å². The lowest BCUT2D eigenvalue weighted by atomic mass is 9.87. The molecular formula is C25H26F3N9O. The highest BCUT2D eigenvalue weighted by atomic mass is 19.4. The molecule has 2 aliphatic heterocycles. The van der Waals surface area contributed by atoms with Crippen molar-refractivity contribution >= 4 is 40.7 Å². The Bertz CT molecular complexity index is 1470. The lowest BCUT2D eigenvalue weighted by Crippen LogP contribution is -2.39. The molecule has 2 aliphatic rings. The predicted molar refractivity (Wildman–Crippen MR) is 140 cm³/mol. The summed E-state index contributed by atoms with van der Waals surface area (Å²) in [4.78, 5) is 22.5. The number of hydrogen-bond acceptors (Lipinski definition) is 9. The number of ether oxygens (including phenoxy) is 1. The molecule has 0 bridgehead atoms. The van der Waals surface area contributed by atoms with Crippen LogP contribution in [0.2, 0.25) is 0 Å². The molecule has 0 amide bonds. The molecule has 6 N–H and O–H groups in total. The average Bonchev–Trinajstić information content (AvgIpc) is 2.87. The zero-order chi connectivity index (χ0) is 27.0. The number of rotatable bonds is 5. The first-order valence-electron chi connectivity index (χ1n) is 11.8. The minimum absolute atomic E-state index is 0.0440. The molecule has 0 aliphatic carbocycles. The smallest absolute Gasteiger partial charge is 0.411 e. The first-order valence-corrected chi connectivity index (χ1v) is 11.8. The van der Waals surface area contributed by atoms with E-state index in [2.05, 4.69) is 29.8 Å². The van der Waals surface area contributed by atoms with E-state index >= 15 is 0 Å². The monoisotopic (exact) mass is 525 g/mol. The normalized spacial score (nSPS) is 20.3. The number of nitrogens with two attached hydrogens (primary N) is 3. The van der Waals surface area contributed by atoms with Gasteiger partial charge in [-0.2, -0.15) is 18.2 Å².